The van der Waals surface area contributed by atoms with E-state index in [0.717, 1.165) is 11.1 Å². The van der Waals surface area contributed by atoms with Crippen molar-refractivity contribution in [2.24, 2.45) is 0 Å². The molecule has 19 heavy (non-hydrogen) atoms. The third-order valence-corrected chi connectivity index (χ3v) is 3.66. The number of ether oxygens (including phenoxy) is 1. The van der Waals surface area contributed by atoms with Crippen LogP contribution in [0, 0.1) is 10.1 Å². The Morgan fingerprint density at radius 1 is 1.21 bits per heavy atom. The molecule has 1 aliphatic rings. The third kappa shape index (κ3) is 2.04. The number of nitrogens with zero attached hydrogens (tertiary/aromatic N) is 1. The molecule has 0 saturated carbocycles. The zero-order valence-corrected chi connectivity index (χ0v) is 10.6. The van der Waals surface area contributed by atoms with Gasteiger partial charge >= 0.3 is 0 Å². The van der Waals surface area contributed by atoms with E-state index in [4.69, 9.17) is 16.3 Å². The molecular formula is C14H10ClNO3. The van der Waals surface area contributed by atoms with Crippen LogP contribution in [0.2, 0.25) is 0 Å². The van der Waals surface area contributed by atoms with Crippen LogP contribution in [-0.4, -0.2) is 4.92 Å². The van der Waals surface area contributed by atoms with Crippen molar-refractivity contribution in [1.82, 2.24) is 0 Å². The third-order valence-electron chi connectivity index (χ3n) is 3.19. The van der Waals surface area contributed by atoms with Gasteiger partial charge in [-0.05, 0) is 17.2 Å². The lowest BCUT2D eigenvalue weighted by Gasteiger charge is -2.11. The number of nitro benzene ring substituents is 1. The molecule has 1 heterocycles. The Morgan fingerprint density at radius 2 is 2.00 bits per heavy atom. The molecule has 2 aromatic rings. The Hall–Kier alpha value is -2.07. The smallest absolute Gasteiger partial charge is 0.270 e. The Morgan fingerprint density at radius 3 is 2.79 bits per heavy atom. The van der Waals surface area contributed by atoms with E-state index in [1.807, 2.05) is 24.3 Å². The molecule has 1 unspecified atom stereocenters. The summed E-state index contributed by atoms with van der Waals surface area (Å²) in [6.07, 6.45) is 0. The molecule has 0 spiro atoms. The minimum atomic E-state index is -0.436. The maximum Gasteiger partial charge on any atom is 0.270 e. The molecule has 0 N–H and O–H groups in total. The number of benzene rings is 2. The number of halogens is 1. The highest BCUT2D eigenvalue weighted by molar-refractivity contribution is 6.23. The van der Waals surface area contributed by atoms with E-state index in [0.29, 0.717) is 17.9 Å². The lowest BCUT2D eigenvalue weighted by atomic mass is 10.00. The normalized spacial score (nSPS) is 16.8. The zero-order chi connectivity index (χ0) is 13.4. The fraction of sp³-hybridized carbons (Fsp3) is 0.143. The van der Waals surface area contributed by atoms with Crippen molar-refractivity contribution in [3.05, 3.63) is 69.3 Å². The van der Waals surface area contributed by atoms with E-state index in [-0.39, 0.29) is 5.69 Å². The lowest BCUT2D eigenvalue weighted by molar-refractivity contribution is -0.384. The summed E-state index contributed by atoms with van der Waals surface area (Å²) in [6, 6.07) is 12.2. The zero-order valence-electron chi connectivity index (χ0n) is 9.88. The van der Waals surface area contributed by atoms with Crippen LogP contribution < -0.4 is 4.74 Å². The number of non-ortho nitro benzene ring substituents is 1. The molecule has 4 nitrogen and oxygen atoms in total. The molecular weight excluding hydrogens is 266 g/mol. The highest BCUT2D eigenvalue weighted by Gasteiger charge is 2.24. The molecule has 0 fully saturated rings. The summed E-state index contributed by atoms with van der Waals surface area (Å²) in [5.41, 5.74) is 2.60. The van der Waals surface area contributed by atoms with Gasteiger partial charge in [0.05, 0.1) is 10.3 Å². The van der Waals surface area contributed by atoms with Gasteiger partial charge in [-0.2, -0.15) is 0 Å². The highest BCUT2D eigenvalue weighted by Crippen LogP contribution is 2.41. The Labute approximate surface area is 114 Å². The van der Waals surface area contributed by atoms with Crippen LogP contribution in [0.5, 0.6) is 5.75 Å². The number of hydrogen-bond acceptors (Lipinski definition) is 3. The average Bonchev–Trinajstić information content (AvgIpc) is 2.57. The fourth-order valence-corrected chi connectivity index (χ4v) is 2.60. The minimum Gasteiger partial charge on any atom is -0.489 e. The summed E-state index contributed by atoms with van der Waals surface area (Å²) in [7, 11) is 0. The van der Waals surface area contributed by atoms with Crippen molar-refractivity contribution in [2.45, 2.75) is 12.0 Å². The van der Waals surface area contributed by atoms with Crippen LogP contribution in [0.25, 0.3) is 0 Å². The molecule has 0 amide bonds. The first-order chi connectivity index (χ1) is 9.16. The van der Waals surface area contributed by atoms with Crippen LogP contribution in [0.1, 0.15) is 22.1 Å². The molecule has 0 radical (unpaired) electrons. The number of nitro groups is 1. The summed E-state index contributed by atoms with van der Waals surface area (Å²) in [5.74, 6) is 0.599. The van der Waals surface area contributed by atoms with Crippen LogP contribution in [-0.2, 0) is 6.61 Å². The van der Waals surface area contributed by atoms with Crippen molar-refractivity contribution < 1.29 is 9.66 Å². The summed E-state index contributed by atoms with van der Waals surface area (Å²) in [6.45, 7) is 0.421. The topological polar surface area (TPSA) is 52.4 Å². The second-order valence-electron chi connectivity index (χ2n) is 4.33. The monoisotopic (exact) mass is 275 g/mol. The van der Waals surface area contributed by atoms with Crippen molar-refractivity contribution in [2.75, 3.05) is 0 Å². The molecule has 5 heteroatoms. The van der Waals surface area contributed by atoms with Crippen LogP contribution in [0.15, 0.2) is 42.5 Å². The van der Waals surface area contributed by atoms with E-state index in [1.54, 1.807) is 6.07 Å². The maximum atomic E-state index is 10.8. The van der Waals surface area contributed by atoms with Crippen LogP contribution in [0.4, 0.5) is 5.69 Å². The number of alkyl halides is 1. The Balaban J connectivity index is 2.15. The van der Waals surface area contributed by atoms with E-state index >= 15 is 0 Å². The van der Waals surface area contributed by atoms with Gasteiger partial charge in [0.15, 0.2) is 0 Å². The van der Waals surface area contributed by atoms with Gasteiger partial charge in [-0.25, -0.2) is 0 Å². The highest BCUT2D eigenvalue weighted by atomic mass is 35.5. The number of fused-ring (bicyclic) bond motifs is 2. The van der Waals surface area contributed by atoms with Gasteiger partial charge in [0.1, 0.15) is 12.4 Å². The summed E-state index contributed by atoms with van der Waals surface area (Å²) >= 11 is 6.46. The average molecular weight is 276 g/mol. The molecule has 1 atom stereocenters. The molecule has 1 aliphatic heterocycles. The van der Waals surface area contributed by atoms with Gasteiger partial charge in [-0.15, -0.1) is 11.6 Å². The molecule has 0 aromatic heterocycles. The predicted octanol–water partition coefficient (Wildman–Crippen LogP) is 3.82. The van der Waals surface area contributed by atoms with E-state index in [2.05, 4.69) is 0 Å². The molecule has 0 aliphatic carbocycles. The van der Waals surface area contributed by atoms with Gasteiger partial charge in [0.25, 0.3) is 5.69 Å². The largest absolute Gasteiger partial charge is 0.489 e. The standard InChI is InChI=1S/C14H10ClNO3/c15-14-11-4-2-1-3-9(11)8-19-13-6-5-10(16(17)18)7-12(13)14/h1-7,14H,8H2. The minimum absolute atomic E-state index is 0.0207. The summed E-state index contributed by atoms with van der Waals surface area (Å²) in [4.78, 5) is 10.4. The molecule has 0 bridgehead atoms. The van der Waals surface area contributed by atoms with E-state index < -0.39 is 10.3 Å². The van der Waals surface area contributed by atoms with Gasteiger partial charge in [-0.1, -0.05) is 24.3 Å². The fourth-order valence-electron chi connectivity index (χ4n) is 2.21. The van der Waals surface area contributed by atoms with E-state index in [1.165, 1.54) is 12.1 Å². The number of rotatable bonds is 1. The van der Waals surface area contributed by atoms with E-state index in [9.17, 15) is 10.1 Å². The summed E-state index contributed by atoms with van der Waals surface area (Å²) < 4.78 is 5.67. The van der Waals surface area contributed by atoms with Crippen molar-refractivity contribution in [1.29, 1.82) is 0 Å². The predicted molar refractivity (Wildman–Crippen MR) is 71.6 cm³/mol. The van der Waals surface area contributed by atoms with Crippen molar-refractivity contribution >= 4 is 17.3 Å². The van der Waals surface area contributed by atoms with Gasteiger partial charge in [-0.3, -0.25) is 10.1 Å². The Kier molecular flexibility index (Phi) is 2.87. The second-order valence-corrected chi connectivity index (χ2v) is 4.77. The Bertz CT molecular complexity index is 657. The van der Waals surface area contributed by atoms with Crippen molar-refractivity contribution in [3.63, 3.8) is 0 Å². The molecule has 96 valence electrons. The first kappa shape index (κ1) is 12.0. The second kappa shape index (κ2) is 4.55. The van der Waals surface area contributed by atoms with Gasteiger partial charge in [0.2, 0.25) is 0 Å². The van der Waals surface area contributed by atoms with Crippen LogP contribution in [0.3, 0.4) is 0 Å². The maximum absolute atomic E-state index is 10.8. The first-order valence-corrected chi connectivity index (χ1v) is 6.23. The first-order valence-electron chi connectivity index (χ1n) is 5.80. The summed E-state index contributed by atoms with van der Waals surface area (Å²) in [5, 5.41) is 10.4. The number of hydrogen-bond donors (Lipinski definition) is 0. The van der Waals surface area contributed by atoms with Crippen molar-refractivity contribution in [3.8, 4) is 5.75 Å². The molecule has 0 saturated heterocycles. The van der Waals surface area contributed by atoms with Gasteiger partial charge < -0.3 is 4.74 Å². The molecule has 2 aromatic carbocycles. The molecule has 3 rings (SSSR count). The SMILES string of the molecule is O=[N+]([O-])c1ccc2c(c1)C(Cl)c1ccccc1CO2. The van der Waals surface area contributed by atoms with Gasteiger partial charge in [0, 0.05) is 17.7 Å². The van der Waals surface area contributed by atoms with Crippen LogP contribution >= 0.6 is 11.6 Å². The quantitative estimate of drug-likeness (QED) is 0.452. The lowest BCUT2D eigenvalue weighted by Crippen LogP contribution is -1.96.